The maximum Gasteiger partial charge on any atom is 0.255 e. The lowest BCUT2D eigenvalue weighted by atomic mass is 10.1. The van der Waals surface area contributed by atoms with Crippen LogP contribution in [-0.2, 0) is 10.0 Å². The summed E-state index contributed by atoms with van der Waals surface area (Å²) in [6.07, 6.45) is 3.17. The molecule has 0 spiro atoms. The van der Waals surface area contributed by atoms with Crippen LogP contribution in [0.25, 0.3) is 0 Å². The van der Waals surface area contributed by atoms with E-state index in [0.29, 0.717) is 21.8 Å². The smallest absolute Gasteiger partial charge is 0.255 e. The van der Waals surface area contributed by atoms with Gasteiger partial charge in [-0.2, -0.15) is 0 Å². The second-order valence-corrected chi connectivity index (χ2v) is 8.43. The van der Waals surface area contributed by atoms with Crippen LogP contribution in [0.2, 0.25) is 5.02 Å². The number of amides is 1. The molecule has 3 rings (SSSR count). The fourth-order valence-electron chi connectivity index (χ4n) is 2.56. The molecule has 1 atom stereocenters. The number of anilines is 1. The van der Waals surface area contributed by atoms with E-state index < -0.39 is 16.1 Å². The largest absolute Gasteiger partial charge is 0.323 e. The summed E-state index contributed by atoms with van der Waals surface area (Å²) < 4.78 is 27.2. The lowest BCUT2D eigenvalue weighted by Crippen LogP contribution is -2.32. The Kier molecular flexibility index (Phi) is 6.60. The minimum atomic E-state index is -3.73. The van der Waals surface area contributed by atoms with Gasteiger partial charge in [-0.25, -0.2) is 13.1 Å². The van der Waals surface area contributed by atoms with Crippen LogP contribution in [0, 0.1) is 0 Å². The lowest BCUT2D eigenvalue weighted by Gasteiger charge is -2.14. The van der Waals surface area contributed by atoms with Gasteiger partial charge in [-0.15, -0.1) is 0 Å². The predicted octanol–water partition coefficient (Wildman–Crippen LogP) is 2.97. The quantitative estimate of drug-likeness (QED) is 0.533. The number of rotatable bonds is 7. The average molecular weight is 431 g/mol. The van der Waals surface area contributed by atoms with E-state index in [9.17, 15) is 13.2 Å². The van der Waals surface area contributed by atoms with E-state index in [4.69, 9.17) is 17.3 Å². The first-order valence-corrected chi connectivity index (χ1v) is 10.5. The van der Waals surface area contributed by atoms with Crippen LogP contribution in [0.4, 0.5) is 5.69 Å². The first-order valence-electron chi connectivity index (χ1n) is 8.67. The van der Waals surface area contributed by atoms with Gasteiger partial charge in [0.2, 0.25) is 10.0 Å². The number of sulfonamides is 1. The number of hydrogen-bond acceptors (Lipinski definition) is 5. The predicted molar refractivity (Wildman–Crippen MR) is 112 cm³/mol. The van der Waals surface area contributed by atoms with Crippen molar-refractivity contribution < 1.29 is 13.2 Å². The van der Waals surface area contributed by atoms with Gasteiger partial charge in [0.05, 0.1) is 4.90 Å². The summed E-state index contributed by atoms with van der Waals surface area (Å²) in [6.45, 7) is -0.00257. The molecule has 0 saturated heterocycles. The topological polar surface area (TPSA) is 114 Å². The van der Waals surface area contributed by atoms with E-state index in [1.54, 1.807) is 60.9 Å². The number of nitrogens with two attached hydrogens (primary N) is 1. The third-order valence-corrected chi connectivity index (χ3v) is 5.80. The molecule has 0 aliphatic rings. The molecule has 1 aromatic heterocycles. The summed E-state index contributed by atoms with van der Waals surface area (Å²) in [5, 5.41) is 3.09. The van der Waals surface area contributed by atoms with Gasteiger partial charge in [0.15, 0.2) is 0 Å². The Hall–Kier alpha value is -2.78. The molecule has 29 heavy (non-hydrogen) atoms. The maximum absolute atomic E-state index is 12.4. The number of benzene rings is 2. The van der Waals surface area contributed by atoms with E-state index in [1.165, 1.54) is 12.1 Å². The van der Waals surface area contributed by atoms with E-state index >= 15 is 0 Å². The molecule has 0 bridgehead atoms. The average Bonchev–Trinajstić information content (AvgIpc) is 2.73. The van der Waals surface area contributed by atoms with Crippen LogP contribution in [0.5, 0.6) is 0 Å². The highest BCUT2D eigenvalue weighted by Gasteiger charge is 2.17. The minimum Gasteiger partial charge on any atom is -0.323 e. The third-order valence-electron chi connectivity index (χ3n) is 4.14. The highest BCUT2D eigenvalue weighted by atomic mass is 35.5. The zero-order valence-electron chi connectivity index (χ0n) is 15.2. The Morgan fingerprint density at radius 3 is 2.41 bits per heavy atom. The molecule has 0 radical (unpaired) electrons. The molecule has 2 aromatic carbocycles. The van der Waals surface area contributed by atoms with Crippen molar-refractivity contribution in [1.82, 2.24) is 9.71 Å². The van der Waals surface area contributed by atoms with Crippen molar-refractivity contribution in [2.24, 2.45) is 5.73 Å². The number of nitrogens with one attached hydrogen (secondary N) is 2. The number of pyridine rings is 1. The van der Waals surface area contributed by atoms with Gasteiger partial charge in [0.1, 0.15) is 0 Å². The SMILES string of the molecule is NC(CNS(=O)(=O)c1cccc(Cl)c1)c1ccc(C(=O)Nc2ccncc2)cc1. The van der Waals surface area contributed by atoms with Crippen LogP contribution < -0.4 is 15.8 Å². The second-order valence-electron chi connectivity index (χ2n) is 6.23. The van der Waals surface area contributed by atoms with Gasteiger partial charge in [0, 0.05) is 41.3 Å². The summed E-state index contributed by atoms with van der Waals surface area (Å²) in [6, 6.07) is 15.4. The molecule has 0 saturated carbocycles. The summed E-state index contributed by atoms with van der Waals surface area (Å²) in [7, 11) is -3.73. The summed E-state index contributed by atoms with van der Waals surface area (Å²) in [5.41, 5.74) is 7.89. The molecule has 0 aliphatic heterocycles. The highest BCUT2D eigenvalue weighted by molar-refractivity contribution is 7.89. The van der Waals surface area contributed by atoms with Crippen LogP contribution in [0.15, 0.2) is 78.0 Å². The van der Waals surface area contributed by atoms with E-state index in [-0.39, 0.29) is 17.3 Å². The molecule has 1 unspecified atom stereocenters. The molecule has 0 fully saturated rings. The van der Waals surface area contributed by atoms with Gasteiger partial charge >= 0.3 is 0 Å². The van der Waals surface area contributed by atoms with Gasteiger partial charge in [0.25, 0.3) is 5.91 Å². The van der Waals surface area contributed by atoms with Gasteiger partial charge in [-0.05, 0) is 48.0 Å². The molecule has 7 nitrogen and oxygen atoms in total. The Bertz CT molecular complexity index is 1090. The van der Waals surface area contributed by atoms with Crippen LogP contribution >= 0.6 is 11.6 Å². The number of carbonyl (C=O) groups is 1. The molecule has 3 aromatic rings. The normalized spacial score (nSPS) is 12.3. The minimum absolute atomic E-state index is 0.00257. The number of aromatic nitrogens is 1. The summed E-state index contributed by atoms with van der Waals surface area (Å²) >= 11 is 5.85. The summed E-state index contributed by atoms with van der Waals surface area (Å²) in [4.78, 5) is 16.2. The number of carbonyl (C=O) groups excluding carboxylic acids is 1. The summed E-state index contributed by atoms with van der Waals surface area (Å²) in [5.74, 6) is -0.266. The van der Waals surface area contributed by atoms with Crippen LogP contribution in [0.1, 0.15) is 22.0 Å². The van der Waals surface area contributed by atoms with Gasteiger partial charge < -0.3 is 11.1 Å². The zero-order chi connectivity index (χ0) is 20.9. The number of halogens is 1. The van der Waals surface area contributed by atoms with Crippen LogP contribution in [0.3, 0.4) is 0 Å². The van der Waals surface area contributed by atoms with Crippen molar-refractivity contribution in [3.05, 3.63) is 89.2 Å². The van der Waals surface area contributed by atoms with Crippen LogP contribution in [-0.4, -0.2) is 25.9 Å². The van der Waals surface area contributed by atoms with Crippen molar-refractivity contribution in [2.75, 3.05) is 11.9 Å². The van der Waals surface area contributed by atoms with Crippen molar-refractivity contribution >= 4 is 33.2 Å². The third kappa shape index (κ3) is 5.61. The van der Waals surface area contributed by atoms with E-state index in [2.05, 4.69) is 15.0 Å². The maximum atomic E-state index is 12.4. The Morgan fingerprint density at radius 1 is 1.07 bits per heavy atom. The van der Waals surface area contributed by atoms with E-state index in [1.807, 2.05) is 0 Å². The number of nitrogens with zero attached hydrogens (tertiary/aromatic N) is 1. The highest BCUT2D eigenvalue weighted by Crippen LogP contribution is 2.17. The fraction of sp³-hybridized carbons (Fsp3) is 0.100. The Labute approximate surface area is 174 Å². The molecule has 150 valence electrons. The lowest BCUT2D eigenvalue weighted by molar-refractivity contribution is 0.102. The second kappa shape index (κ2) is 9.15. The zero-order valence-corrected chi connectivity index (χ0v) is 16.8. The molecule has 0 aliphatic carbocycles. The first kappa shape index (κ1) is 20.9. The molecule has 1 amide bonds. The number of hydrogen-bond donors (Lipinski definition) is 3. The van der Waals surface area contributed by atoms with Gasteiger partial charge in [-0.3, -0.25) is 9.78 Å². The molecule has 9 heteroatoms. The van der Waals surface area contributed by atoms with E-state index in [0.717, 1.165) is 0 Å². The molecular formula is C20H19ClN4O3S. The van der Waals surface area contributed by atoms with Crippen molar-refractivity contribution in [1.29, 1.82) is 0 Å². The molecule has 4 N–H and O–H groups in total. The standard InChI is InChI=1S/C20H19ClN4O3S/c21-16-2-1-3-18(12-16)29(27,28)24-13-19(22)14-4-6-15(7-5-14)20(26)25-17-8-10-23-11-9-17/h1-12,19,24H,13,22H2,(H,23,25,26). The molecular weight excluding hydrogens is 412 g/mol. The van der Waals surface area contributed by atoms with Crippen molar-refractivity contribution in [3.63, 3.8) is 0 Å². The Balaban J connectivity index is 1.61. The Morgan fingerprint density at radius 2 is 1.76 bits per heavy atom. The first-order chi connectivity index (χ1) is 13.8. The van der Waals surface area contributed by atoms with Crippen molar-refractivity contribution in [3.8, 4) is 0 Å². The van der Waals surface area contributed by atoms with Gasteiger partial charge in [-0.1, -0.05) is 29.8 Å². The monoisotopic (exact) mass is 430 g/mol. The fourth-order valence-corrected chi connectivity index (χ4v) is 3.92. The van der Waals surface area contributed by atoms with Crippen molar-refractivity contribution in [2.45, 2.75) is 10.9 Å². The molecule has 1 heterocycles.